The minimum absolute atomic E-state index is 0.00792. The van der Waals surface area contributed by atoms with E-state index in [1.165, 1.54) is 6.92 Å². The lowest BCUT2D eigenvalue weighted by Crippen LogP contribution is -2.05. The molecule has 1 N–H and O–H groups in total. The summed E-state index contributed by atoms with van der Waals surface area (Å²) in [5, 5.41) is 8.78. The van der Waals surface area contributed by atoms with E-state index in [1.807, 2.05) is 0 Å². The zero-order chi connectivity index (χ0) is 11.9. The summed E-state index contributed by atoms with van der Waals surface area (Å²) in [5.41, 5.74) is -0.140. The first-order valence-electron chi connectivity index (χ1n) is 4.80. The number of aryl methyl sites for hydroxylation is 1. The summed E-state index contributed by atoms with van der Waals surface area (Å²) >= 11 is 0. The summed E-state index contributed by atoms with van der Waals surface area (Å²) in [5.74, 6) is -0.930. The molecule has 0 radical (unpaired) electrons. The van der Waals surface area contributed by atoms with E-state index in [0.717, 1.165) is 0 Å². The number of sulfone groups is 1. The molecule has 7 heteroatoms. The summed E-state index contributed by atoms with van der Waals surface area (Å²) in [6, 6.07) is 0. The van der Waals surface area contributed by atoms with Crippen molar-refractivity contribution in [2.24, 2.45) is 0 Å². The van der Waals surface area contributed by atoms with Crippen LogP contribution in [-0.4, -0.2) is 36.0 Å². The molecule has 2 rings (SSSR count). The Balaban J connectivity index is 2.30. The Morgan fingerprint density at radius 3 is 2.69 bits per heavy atom. The normalized spacial score (nSPS) is 23.4. The maximum absolute atomic E-state index is 11.3. The van der Waals surface area contributed by atoms with Crippen molar-refractivity contribution >= 4 is 15.8 Å². The molecule has 1 aromatic heterocycles. The fourth-order valence-corrected chi connectivity index (χ4v) is 3.51. The fraction of sp³-hybridized carbons (Fsp3) is 0.556. The number of hydrogen-bond acceptors (Lipinski definition) is 5. The first-order chi connectivity index (χ1) is 7.39. The van der Waals surface area contributed by atoms with Gasteiger partial charge in [-0.3, -0.25) is 0 Å². The van der Waals surface area contributed by atoms with Gasteiger partial charge in [-0.05, 0) is 13.3 Å². The van der Waals surface area contributed by atoms with E-state index in [1.54, 1.807) is 0 Å². The Morgan fingerprint density at radius 1 is 1.56 bits per heavy atom. The molecule has 6 nitrogen and oxygen atoms in total. The maximum atomic E-state index is 11.3. The van der Waals surface area contributed by atoms with Crippen LogP contribution >= 0.6 is 0 Å². The van der Waals surface area contributed by atoms with Gasteiger partial charge >= 0.3 is 5.97 Å². The Bertz CT molecular complexity index is 530. The zero-order valence-electron chi connectivity index (χ0n) is 8.63. The number of oxazole rings is 1. The first kappa shape index (κ1) is 11.1. The lowest BCUT2D eigenvalue weighted by atomic mass is 10.1. The summed E-state index contributed by atoms with van der Waals surface area (Å²) < 4.78 is 27.7. The van der Waals surface area contributed by atoms with Crippen LogP contribution in [0.5, 0.6) is 0 Å². The summed E-state index contributed by atoms with van der Waals surface area (Å²) in [6.45, 7) is 1.50. The number of carboxylic acid groups (broad SMARTS) is 1. The number of nitrogens with zero attached hydrogens (tertiary/aromatic N) is 1. The highest BCUT2D eigenvalue weighted by molar-refractivity contribution is 7.91. The van der Waals surface area contributed by atoms with Gasteiger partial charge in [-0.25, -0.2) is 18.2 Å². The molecule has 0 aromatic carbocycles. The summed E-state index contributed by atoms with van der Waals surface area (Å²) in [7, 11) is -3.01. The van der Waals surface area contributed by atoms with Crippen LogP contribution in [0.1, 0.15) is 34.5 Å². The van der Waals surface area contributed by atoms with Crippen LogP contribution in [0.15, 0.2) is 4.42 Å². The second kappa shape index (κ2) is 3.58. The Morgan fingerprint density at radius 2 is 2.25 bits per heavy atom. The van der Waals surface area contributed by atoms with Gasteiger partial charge in [-0.15, -0.1) is 0 Å². The molecule has 1 fully saturated rings. The molecule has 0 saturated carbocycles. The van der Waals surface area contributed by atoms with E-state index in [2.05, 4.69) is 4.98 Å². The molecule has 0 bridgehead atoms. The number of carboxylic acids is 1. The summed E-state index contributed by atoms with van der Waals surface area (Å²) in [6.07, 6.45) is 0.446. The van der Waals surface area contributed by atoms with Gasteiger partial charge in [0, 0.05) is 0 Å². The van der Waals surface area contributed by atoms with E-state index >= 15 is 0 Å². The molecule has 1 aliphatic rings. The highest BCUT2D eigenvalue weighted by atomic mass is 32.2. The molecule has 1 atom stereocenters. The van der Waals surface area contributed by atoms with Gasteiger partial charge in [0.2, 0.25) is 0 Å². The highest BCUT2D eigenvalue weighted by Gasteiger charge is 2.33. The number of carbonyl (C=O) groups is 1. The predicted octanol–water partition coefficient (Wildman–Crippen LogP) is 0.583. The second-order valence-electron chi connectivity index (χ2n) is 3.86. The van der Waals surface area contributed by atoms with Gasteiger partial charge < -0.3 is 9.52 Å². The van der Waals surface area contributed by atoms with Crippen molar-refractivity contribution in [1.29, 1.82) is 0 Å². The zero-order valence-corrected chi connectivity index (χ0v) is 9.45. The lowest BCUT2D eigenvalue weighted by Gasteiger charge is -1.99. The third-order valence-corrected chi connectivity index (χ3v) is 4.37. The van der Waals surface area contributed by atoms with Crippen LogP contribution in [0.25, 0.3) is 0 Å². The molecule has 0 amide bonds. The maximum Gasteiger partial charge on any atom is 0.358 e. The van der Waals surface area contributed by atoms with E-state index in [9.17, 15) is 13.2 Å². The van der Waals surface area contributed by atoms with Gasteiger partial charge in [0.05, 0.1) is 17.4 Å². The smallest absolute Gasteiger partial charge is 0.358 e. The molecule has 1 unspecified atom stereocenters. The number of aromatic carboxylic acids is 1. The third-order valence-electron chi connectivity index (χ3n) is 2.60. The van der Waals surface area contributed by atoms with E-state index < -0.39 is 15.8 Å². The van der Waals surface area contributed by atoms with E-state index in [0.29, 0.717) is 6.42 Å². The van der Waals surface area contributed by atoms with Gasteiger partial charge in [-0.1, -0.05) is 0 Å². The van der Waals surface area contributed by atoms with Crippen LogP contribution in [0.2, 0.25) is 0 Å². The Kier molecular flexibility index (Phi) is 2.49. The van der Waals surface area contributed by atoms with Crippen LogP contribution < -0.4 is 0 Å². The molecule has 1 saturated heterocycles. The van der Waals surface area contributed by atoms with Crippen LogP contribution in [0.3, 0.4) is 0 Å². The molecule has 88 valence electrons. The Hall–Kier alpha value is -1.37. The largest absolute Gasteiger partial charge is 0.476 e. The van der Waals surface area contributed by atoms with E-state index in [4.69, 9.17) is 9.52 Å². The van der Waals surface area contributed by atoms with Crippen molar-refractivity contribution in [2.45, 2.75) is 19.3 Å². The third kappa shape index (κ3) is 1.95. The van der Waals surface area contributed by atoms with Crippen molar-refractivity contribution in [1.82, 2.24) is 4.98 Å². The van der Waals surface area contributed by atoms with Crippen molar-refractivity contribution in [3.63, 3.8) is 0 Å². The molecule has 2 heterocycles. The minimum Gasteiger partial charge on any atom is -0.476 e. The lowest BCUT2D eigenvalue weighted by molar-refractivity contribution is 0.0689. The quantitative estimate of drug-likeness (QED) is 0.818. The standard InChI is InChI=1S/C9H11NO5S/c1-5-7(9(11)12)10-8(15-5)6-2-3-16(13,14)4-6/h6H,2-4H2,1H3,(H,11,12). The van der Waals surface area contributed by atoms with Gasteiger partial charge in [0.1, 0.15) is 5.76 Å². The van der Waals surface area contributed by atoms with Crippen LogP contribution in [-0.2, 0) is 9.84 Å². The monoisotopic (exact) mass is 245 g/mol. The van der Waals surface area contributed by atoms with Crippen molar-refractivity contribution in [2.75, 3.05) is 11.5 Å². The number of aromatic nitrogens is 1. The average Bonchev–Trinajstić information content (AvgIpc) is 2.69. The number of hydrogen-bond donors (Lipinski definition) is 1. The van der Waals surface area contributed by atoms with Gasteiger partial charge in [0.15, 0.2) is 21.4 Å². The van der Waals surface area contributed by atoms with Crippen LogP contribution in [0.4, 0.5) is 0 Å². The summed E-state index contributed by atoms with van der Waals surface area (Å²) in [4.78, 5) is 14.6. The Labute approximate surface area is 92.2 Å². The SMILES string of the molecule is Cc1oc(C2CCS(=O)(=O)C2)nc1C(=O)O. The molecule has 1 aromatic rings. The first-order valence-corrected chi connectivity index (χ1v) is 6.62. The van der Waals surface area contributed by atoms with Crippen LogP contribution in [0, 0.1) is 6.92 Å². The van der Waals surface area contributed by atoms with Crippen molar-refractivity contribution < 1.29 is 22.7 Å². The van der Waals surface area contributed by atoms with Crippen molar-refractivity contribution in [3.05, 3.63) is 17.3 Å². The van der Waals surface area contributed by atoms with Gasteiger partial charge in [0.25, 0.3) is 0 Å². The molecular weight excluding hydrogens is 234 g/mol. The molecule has 1 aliphatic heterocycles. The second-order valence-corrected chi connectivity index (χ2v) is 6.09. The average molecular weight is 245 g/mol. The number of rotatable bonds is 2. The van der Waals surface area contributed by atoms with Gasteiger partial charge in [-0.2, -0.15) is 0 Å². The van der Waals surface area contributed by atoms with Crippen molar-refractivity contribution in [3.8, 4) is 0 Å². The molecular formula is C9H11NO5S. The molecule has 16 heavy (non-hydrogen) atoms. The van der Waals surface area contributed by atoms with E-state index in [-0.39, 0.29) is 34.8 Å². The topological polar surface area (TPSA) is 97.5 Å². The highest BCUT2D eigenvalue weighted by Crippen LogP contribution is 2.29. The fourth-order valence-electron chi connectivity index (χ4n) is 1.78. The minimum atomic E-state index is -3.01. The molecule has 0 spiro atoms. The molecule has 0 aliphatic carbocycles. The predicted molar refractivity (Wildman–Crippen MR) is 54.2 cm³/mol.